The number of fused-ring (bicyclic) bond motifs is 1. The summed E-state index contributed by atoms with van der Waals surface area (Å²) < 4.78 is 0. The molecule has 0 bridgehead atoms. The van der Waals surface area contributed by atoms with E-state index in [1.165, 1.54) is 0 Å². The van der Waals surface area contributed by atoms with Crippen LogP contribution < -0.4 is 10.6 Å². The average molecular weight is 262 g/mol. The molecule has 19 heavy (non-hydrogen) atoms. The van der Waals surface area contributed by atoms with Crippen LogP contribution in [-0.4, -0.2) is 29.4 Å². The van der Waals surface area contributed by atoms with Crippen molar-refractivity contribution in [3.05, 3.63) is 29.8 Å². The third-order valence-electron chi connectivity index (χ3n) is 2.95. The van der Waals surface area contributed by atoms with Crippen molar-refractivity contribution >= 4 is 23.5 Å². The number of carbonyl (C=O) groups excluding carboxylic acids is 2. The first kappa shape index (κ1) is 13.1. The number of benzene rings is 1. The van der Waals surface area contributed by atoms with E-state index in [4.69, 9.17) is 5.11 Å². The maximum atomic E-state index is 12.0. The maximum Gasteiger partial charge on any atom is 0.305 e. The number of carboxylic acid groups (broad SMARTS) is 1. The van der Waals surface area contributed by atoms with Crippen LogP contribution in [0.5, 0.6) is 0 Å². The zero-order valence-electron chi connectivity index (χ0n) is 10.2. The lowest BCUT2D eigenvalue weighted by Gasteiger charge is -2.24. The van der Waals surface area contributed by atoms with Crippen molar-refractivity contribution in [3.8, 4) is 0 Å². The summed E-state index contributed by atoms with van der Waals surface area (Å²) in [6.45, 7) is 0.0639. The van der Waals surface area contributed by atoms with E-state index in [1.54, 1.807) is 24.3 Å². The molecule has 2 rings (SSSR count). The number of para-hydroxylation sites is 1. The second-order valence-corrected chi connectivity index (χ2v) is 4.33. The quantitative estimate of drug-likeness (QED) is 0.744. The highest BCUT2D eigenvalue weighted by molar-refractivity contribution is 6.01. The van der Waals surface area contributed by atoms with Crippen LogP contribution in [0.25, 0.3) is 0 Å². The van der Waals surface area contributed by atoms with E-state index in [0.717, 1.165) is 5.56 Å². The van der Waals surface area contributed by atoms with Gasteiger partial charge in [-0.1, -0.05) is 18.2 Å². The van der Waals surface area contributed by atoms with E-state index >= 15 is 0 Å². The predicted molar refractivity (Wildman–Crippen MR) is 67.7 cm³/mol. The third kappa shape index (κ3) is 3.09. The topological polar surface area (TPSA) is 95.5 Å². The van der Waals surface area contributed by atoms with Crippen molar-refractivity contribution in [1.82, 2.24) is 5.32 Å². The molecular formula is C13H14N2O4. The molecule has 0 saturated carbocycles. The lowest BCUT2D eigenvalue weighted by atomic mass is 9.90. The summed E-state index contributed by atoms with van der Waals surface area (Å²) in [5.41, 5.74) is 1.40. The molecule has 2 amide bonds. The molecule has 0 aliphatic carbocycles. The Balaban J connectivity index is 2.09. The summed E-state index contributed by atoms with van der Waals surface area (Å²) >= 11 is 0. The Kier molecular flexibility index (Phi) is 3.79. The number of nitrogens with one attached hydrogen (secondary N) is 2. The van der Waals surface area contributed by atoms with E-state index < -0.39 is 11.9 Å². The molecule has 6 heteroatoms. The fraction of sp³-hybridized carbons (Fsp3) is 0.308. The minimum atomic E-state index is -0.970. The predicted octanol–water partition coefficient (Wildman–Crippen LogP) is 0.703. The molecular weight excluding hydrogens is 248 g/mol. The van der Waals surface area contributed by atoms with Crippen LogP contribution in [0.3, 0.4) is 0 Å². The van der Waals surface area contributed by atoms with E-state index in [-0.39, 0.29) is 31.2 Å². The second kappa shape index (κ2) is 5.51. The number of carbonyl (C=O) groups is 3. The van der Waals surface area contributed by atoms with Gasteiger partial charge >= 0.3 is 5.97 Å². The highest BCUT2D eigenvalue weighted by Gasteiger charge is 2.30. The second-order valence-electron chi connectivity index (χ2n) is 4.33. The normalized spacial score (nSPS) is 17.3. The van der Waals surface area contributed by atoms with Crippen molar-refractivity contribution in [2.24, 2.45) is 0 Å². The first-order valence-corrected chi connectivity index (χ1v) is 5.96. The highest BCUT2D eigenvalue weighted by atomic mass is 16.4. The fourth-order valence-corrected chi connectivity index (χ4v) is 2.06. The molecule has 0 saturated heterocycles. The van der Waals surface area contributed by atoms with Gasteiger partial charge in [-0.2, -0.15) is 0 Å². The summed E-state index contributed by atoms with van der Waals surface area (Å²) in [7, 11) is 0. The Morgan fingerprint density at radius 3 is 2.84 bits per heavy atom. The molecule has 100 valence electrons. The Hall–Kier alpha value is -2.37. The molecule has 0 radical (unpaired) electrons. The molecule has 1 atom stereocenters. The highest BCUT2D eigenvalue weighted by Crippen LogP contribution is 2.31. The first-order chi connectivity index (χ1) is 9.08. The number of anilines is 1. The van der Waals surface area contributed by atoms with Gasteiger partial charge in [0.2, 0.25) is 11.8 Å². The maximum absolute atomic E-state index is 12.0. The number of aliphatic carboxylic acids is 1. The molecule has 1 heterocycles. The Morgan fingerprint density at radius 2 is 2.11 bits per heavy atom. The molecule has 1 aliphatic heterocycles. The van der Waals surface area contributed by atoms with Gasteiger partial charge in [-0.05, 0) is 11.6 Å². The number of hydrogen-bond acceptors (Lipinski definition) is 3. The number of amides is 2. The lowest BCUT2D eigenvalue weighted by molar-refractivity contribution is -0.137. The van der Waals surface area contributed by atoms with Crippen molar-refractivity contribution in [2.45, 2.75) is 18.8 Å². The van der Waals surface area contributed by atoms with Crippen LogP contribution in [0.2, 0.25) is 0 Å². The third-order valence-corrected chi connectivity index (χ3v) is 2.95. The molecule has 1 aliphatic rings. The number of hydrogen-bond donors (Lipinski definition) is 3. The van der Waals surface area contributed by atoms with Crippen LogP contribution in [-0.2, 0) is 14.4 Å². The van der Waals surface area contributed by atoms with Crippen LogP contribution in [0, 0.1) is 0 Å². The van der Waals surface area contributed by atoms with Gasteiger partial charge in [0.05, 0.1) is 12.3 Å². The molecule has 0 aromatic heterocycles. The van der Waals surface area contributed by atoms with Crippen LogP contribution in [0.15, 0.2) is 24.3 Å². The SMILES string of the molecule is O=C(O)CCNC(=O)C1CC(=O)Nc2ccccc21. The van der Waals surface area contributed by atoms with E-state index in [1.807, 2.05) is 0 Å². The standard InChI is InChI=1S/C13H14N2O4/c16-11-7-9(13(19)14-6-5-12(17)18)8-3-1-2-4-10(8)15-11/h1-4,9H,5-7H2,(H,14,19)(H,15,16)(H,17,18). The smallest absolute Gasteiger partial charge is 0.305 e. The van der Waals surface area contributed by atoms with Crippen molar-refractivity contribution < 1.29 is 19.5 Å². The lowest BCUT2D eigenvalue weighted by Crippen LogP contribution is -2.35. The van der Waals surface area contributed by atoms with Crippen molar-refractivity contribution in [1.29, 1.82) is 0 Å². The Bertz CT molecular complexity index is 527. The molecule has 1 aromatic carbocycles. The zero-order chi connectivity index (χ0) is 13.8. The molecule has 0 fully saturated rings. The molecule has 6 nitrogen and oxygen atoms in total. The fourth-order valence-electron chi connectivity index (χ4n) is 2.06. The van der Waals surface area contributed by atoms with Gasteiger partial charge in [0.1, 0.15) is 0 Å². The van der Waals surface area contributed by atoms with E-state index in [9.17, 15) is 14.4 Å². The van der Waals surface area contributed by atoms with Crippen LogP contribution >= 0.6 is 0 Å². The van der Waals surface area contributed by atoms with Gasteiger partial charge in [0, 0.05) is 18.7 Å². The largest absolute Gasteiger partial charge is 0.481 e. The average Bonchev–Trinajstić information content (AvgIpc) is 2.37. The number of carboxylic acids is 1. The zero-order valence-corrected chi connectivity index (χ0v) is 10.2. The van der Waals surface area contributed by atoms with Gasteiger partial charge in [0.25, 0.3) is 0 Å². The van der Waals surface area contributed by atoms with Gasteiger partial charge in [-0.25, -0.2) is 0 Å². The van der Waals surface area contributed by atoms with Gasteiger partial charge < -0.3 is 15.7 Å². The summed E-state index contributed by atoms with van der Waals surface area (Å²) in [6.07, 6.45) is -0.0534. The van der Waals surface area contributed by atoms with Crippen molar-refractivity contribution in [2.75, 3.05) is 11.9 Å². The Labute approximate surface area is 109 Å². The molecule has 1 aromatic rings. The summed E-state index contributed by atoms with van der Waals surface area (Å²) in [5.74, 6) is -2.05. The van der Waals surface area contributed by atoms with E-state index in [2.05, 4.69) is 10.6 Å². The van der Waals surface area contributed by atoms with Crippen molar-refractivity contribution in [3.63, 3.8) is 0 Å². The number of rotatable bonds is 4. The van der Waals surface area contributed by atoms with E-state index in [0.29, 0.717) is 5.69 Å². The molecule has 3 N–H and O–H groups in total. The molecule has 1 unspecified atom stereocenters. The summed E-state index contributed by atoms with van der Waals surface area (Å²) in [6, 6.07) is 7.11. The monoisotopic (exact) mass is 262 g/mol. The minimum absolute atomic E-state index is 0.0639. The first-order valence-electron chi connectivity index (χ1n) is 5.96. The van der Waals surface area contributed by atoms with Crippen LogP contribution in [0.4, 0.5) is 5.69 Å². The molecule has 0 spiro atoms. The minimum Gasteiger partial charge on any atom is -0.481 e. The van der Waals surface area contributed by atoms with Gasteiger partial charge in [-0.15, -0.1) is 0 Å². The summed E-state index contributed by atoms with van der Waals surface area (Å²) in [4.78, 5) is 33.9. The van der Waals surface area contributed by atoms with Gasteiger partial charge in [-0.3, -0.25) is 14.4 Å². The van der Waals surface area contributed by atoms with Crippen LogP contribution in [0.1, 0.15) is 24.3 Å². The summed E-state index contributed by atoms with van der Waals surface area (Å²) in [5, 5.41) is 13.8. The Morgan fingerprint density at radius 1 is 1.37 bits per heavy atom. The van der Waals surface area contributed by atoms with Gasteiger partial charge in [0.15, 0.2) is 0 Å².